The highest BCUT2D eigenvalue weighted by Gasteiger charge is 2.19. The monoisotopic (exact) mass is 269 g/mol. The minimum absolute atomic E-state index is 0.199. The van der Waals surface area contributed by atoms with Gasteiger partial charge in [-0.3, -0.25) is 4.40 Å². The molecule has 0 saturated carbocycles. The standard InChI is InChI=1S/C12H19N3S2/c1-5-13-8-9-10(17-12(2,3)4)14-11-15(9)6-7-16-11/h6-7,13H,5,8H2,1-4H3. The Bertz CT molecular complexity index is 493. The molecule has 2 aromatic heterocycles. The van der Waals surface area contributed by atoms with Gasteiger partial charge in [-0.05, 0) is 6.54 Å². The normalized spacial score (nSPS) is 12.5. The van der Waals surface area contributed by atoms with Gasteiger partial charge in [-0.25, -0.2) is 4.98 Å². The largest absolute Gasteiger partial charge is 0.311 e. The predicted octanol–water partition coefficient (Wildman–Crippen LogP) is 3.40. The highest BCUT2D eigenvalue weighted by Crippen LogP contribution is 2.34. The van der Waals surface area contributed by atoms with Gasteiger partial charge in [0, 0.05) is 22.9 Å². The zero-order valence-corrected chi connectivity index (χ0v) is 12.4. The summed E-state index contributed by atoms with van der Waals surface area (Å²) in [4.78, 5) is 5.80. The number of hydrogen-bond donors (Lipinski definition) is 1. The lowest BCUT2D eigenvalue weighted by atomic mass is 10.3. The first-order valence-electron chi connectivity index (χ1n) is 5.85. The summed E-state index contributed by atoms with van der Waals surface area (Å²) in [5, 5.41) is 6.63. The van der Waals surface area contributed by atoms with Crippen LogP contribution in [0.5, 0.6) is 0 Å². The van der Waals surface area contributed by atoms with E-state index in [1.165, 1.54) is 5.69 Å². The molecule has 0 unspecified atom stereocenters. The van der Waals surface area contributed by atoms with E-state index in [0.29, 0.717) is 0 Å². The molecule has 1 N–H and O–H groups in total. The molecule has 2 heterocycles. The fourth-order valence-corrected chi connectivity index (χ4v) is 3.38. The van der Waals surface area contributed by atoms with E-state index in [1.54, 1.807) is 11.3 Å². The van der Waals surface area contributed by atoms with Gasteiger partial charge in [-0.1, -0.05) is 39.5 Å². The van der Waals surface area contributed by atoms with Crippen molar-refractivity contribution in [3.8, 4) is 0 Å². The van der Waals surface area contributed by atoms with Crippen molar-refractivity contribution in [2.24, 2.45) is 0 Å². The average Bonchev–Trinajstić information content (AvgIpc) is 2.73. The van der Waals surface area contributed by atoms with E-state index in [-0.39, 0.29) is 4.75 Å². The number of thioether (sulfide) groups is 1. The molecule has 0 atom stereocenters. The number of thiazole rings is 1. The molecule has 0 aliphatic heterocycles. The first kappa shape index (κ1) is 12.9. The van der Waals surface area contributed by atoms with Crippen molar-refractivity contribution in [3.05, 3.63) is 17.3 Å². The summed E-state index contributed by atoms with van der Waals surface area (Å²) in [6.45, 7) is 10.7. The summed E-state index contributed by atoms with van der Waals surface area (Å²) in [7, 11) is 0. The third kappa shape index (κ3) is 3.03. The van der Waals surface area contributed by atoms with Crippen LogP contribution in [0, 0.1) is 0 Å². The summed E-state index contributed by atoms with van der Waals surface area (Å²) in [6, 6.07) is 0. The third-order valence-corrected chi connectivity index (χ3v) is 4.16. The molecule has 2 aromatic rings. The van der Waals surface area contributed by atoms with E-state index in [1.807, 2.05) is 11.8 Å². The maximum absolute atomic E-state index is 4.72. The van der Waals surface area contributed by atoms with Crippen LogP contribution < -0.4 is 5.32 Å². The maximum atomic E-state index is 4.72. The van der Waals surface area contributed by atoms with E-state index in [0.717, 1.165) is 23.1 Å². The maximum Gasteiger partial charge on any atom is 0.194 e. The quantitative estimate of drug-likeness (QED) is 0.863. The first-order valence-corrected chi connectivity index (χ1v) is 7.55. The second kappa shape index (κ2) is 5.00. The van der Waals surface area contributed by atoms with Gasteiger partial charge in [0.1, 0.15) is 5.03 Å². The van der Waals surface area contributed by atoms with Crippen molar-refractivity contribution in [1.29, 1.82) is 0 Å². The lowest BCUT2D eigenvalue weighted by molar-refractivity contribution is 0.693. The van der Waals surface area contributed by atoms with Crippen LogP contribution in [0.3, 0.4) is 0 Å². The number of nitrogens with zero attached hydrogens (tertiary/aromatic N) is 2. The van der Waals surface area contributed by atoms with Crippen LogP contribution in [0.1, 0.15) is 33.4 Å². The summed E-state index contributed by atoms with van der Waals surface area (Å²) in [5.74, 6) is 0. The molecule has 17 heavy (non-hydrogen) atoms. The van der Waals surface area contributed by atoms with Gasteiger partial charge < -0.3 is 5.32 Å². The van der Waals surface area contributed by atoms with Crippen LogP contribution in [0.2, 0.25) is 0 Å². The Morgan fingerprint density at radius 1 is 1.47 bits per heavy atom. The number of fused-ring (bicyclic) bond motifs is 1. The summed E-state index contributed by atoms with van der Waals surface area (Å²) in [5.41, 5.74) is 1.28. The molecule has 3 nitrogen and oxygen atoms in total. The molecule has 0 saturated heterocycles. The Morgan fingerprint density at radius 3 is 2.88 bits per heavy atom. The third-order valence-electron chi connectivity index (χ3n) is 2.27. The van der Waals surface area contributed by atoms with Gasteiger partial charge in [0.25, 0.3) is 0 Å². The minimum Gasteiger partial charge on any atom is -0.311 e. The van der Waals surface area contributed by atoms with Crippen molar-refractivity contribution in [2.75, 3.05) is 6.54 Å². The lowest BCUT2D eigenvalue weighted by Gasteiger charge is -2.16. The Morgan fingerprint density at radius 2 is 2.24 bits per heavy atom. The SMILES string of the molecule is CCNCc1c(SC(C)(C)C)nc2sccn12. The molecule has 0 radical (unpaired) electrons. The molecule has 0 bridgehead atoms. The fraction of sp³-hybridized carbons (Fsp3) is 0.583. The second-order valence-corrected chi connectivity index (χ2v) is 7.60. The molecule has 0 amide bonds. The van der Waals surface area contributed by atoms with E-state index in [9.17, 15) is 0 Å². The van der Waals surface area contributed by atoms with Crippen LogP contribution >= 0.6 is 23.1 Å². The van der Waals surface area contributed by atoms with E-state index >= 15 is 0 Å². The van der Waals surface area contributed by atoms with Gasteiger partial charge in [-0.2, -0.15) is 0 Å². The van der Waals surface area contributed by atoms with E-state index in [2.05, 4.69) is 49.0 Å². The van der Waals surface area contributed by atoms with Gasteiger partial charge in [0.15, 0.2) is 4.96 Å². The predicted molar refractivity (Wildman–Crippen MR) is 76.1 cm³/mol. The smallest absolute Gasteiger partial charge is 0.194 e. The second-order valence-electron chi connectivity index (χ2n) is 4.91. The van der Waals surface area contributed by atoms with Crippen molar-refractivity contribution in [2.45, 2.75) is 44.0 Å². The van der Waals surface area contributed by atoms with Crippen molar-refractivity contribution in [3.63, 3.8) is 0 Å². The van der Waals surface area contributed by atoms with Crippen molar-refractivity contribution >= 4 is 28.1 Å². The highest BCUT2D eigenvalue weighted by molar-refractivity contribution is 8.00. The van der Waals surface area contributed by atoms with E-state index in [4.69, 9.17) is 4.98 Å². The van der Waals surface area contributed by atoms with Crippen LogP contribution in [-0.2, 0) is 6.54 Å². The number of aromatic nitrogens is 2. The zero-order valence-electron chi connectivity index (χ0n) is 10.8. The average molecular weight is 269 g/mol. The minimum atomic E-state index is 0.199. The Balaban J connectivity index is 2.35. The lowest BCUT2D eigenvalue weighted by Crippen LogP contribution is -2.15. The van der Waals surface area contributed by atoms with E-state index < -0.39 is 0 Å². The molecule has 0 spiro atoms. The molecule has 5 heteroatoms. The number of imidazole rings is 1. The highest BCUT2D eigenvalue weighted by atomic mass is 32.2. The van der Waals surface area contributed by atoms with Gasteiger partial charge in [-0.15, -0.1) is 11.3 Å². The van der Waals surface area contributed by atoms with Gasteiger partial charge in [0.05, 0.1) is 5.69 Å². The van der Waals surface area contributed by atoms with Crippen molar-refractivity contribution < 1.29 is 0 Å². The van der Waals surface area contributed by atoms with Crippen LogP contribution in [-0.4, -0.2) is 20.7 Å². The summed E-state index contributed by atoms with van der Waals surface area (Å²) >= 11 is 3.54. The Hall–Kier alpha value is -0.520. The molecule has 0 aliphatic carbocycles. The molecule has 0 aromatic carbocycles. The molecule has 0 aliphatic rings. The van der Waals surface area contributed by atoms with Crippen LogP contribution in [0.25, 0.3) is 4.96 Å². The number of hydrogen-bond acceptors (Lipinski definition) is 4. The Labute approximate surface area is 111 Å². The van der Waals surface area contributed by atoms with Gasteiger partial charge >= 0.3 is 0 Å². The fourth-order valence-electron chi connectivity index (χ4n) is 1.59. The van der Waals surface area contributed by atoms with Crippen LogP contribution in [0.15, 0.2) is 16.6 Å². The molecule has 2 rings (SSSR count). The first-order chi connectivity index (χ1) is 8.01. The Kier molecular flexibility index (Phi) is 3.80. The topological polar surface area (TPSA) is 29.3 Å². The zero-order chi connectivity index (χ0) is 12.5. The number of nitrogens with one attached hydrogen (secondary N) is 1. The number of rotatable bonds is 4. The van der Waals surface area contributed by atoms with Gasteiger partial charge in [0.2, 0.25) is 0 Å². The molecular formula is C12H19N3S2. The molecular weight excluding hydrogens is 250 g/mol. The summed E-state index contributed by atoms with van der Waals surface area (Å²) < 4.78 is 2.40. The summed E-state index contributed by atoms with van der Waals surface area (Å²) in [6.07, 6.45) is 2.10. The van der Waals surface area contributed by atoms with Crippen LogP contribution in [0.4, 0.5) is 0 Å². The molecule has 0 fully saturated rings. The molecule has 94 valence electrons. The van der Waals surface area contributed by atoms with Crippen molar-refractivity contribution in [1.82, 2.24) is 14.7 Å².